The summed E-state index contributed by atoms with van der Waals surface area (Å²) in [7, 11) is 0. The lowest BCUT2D eigenvalue weighted by molar-refractivity contribution is -0.144. The van der Waals surface area contributed by atoms with E-state index >= 15 is 0 Å². The lowest BCUT2D eigenvalue weighted by Gasteiger charge is -2.37. The van der Waals surface area contributed by atoms with Crippen LogP contribution in [-0.4, -0.2) is 147 Å². The van der Waals surface area contributed by atoms with Crippen molar-refractivity contribution in [2.45, 2.75) is 123 Å². The standard InChI is InChI=1S/C57H74N10O8S/c1-37-52(76-36-61-37)41-15-13-40(14-16-41)34-60-55(72)47-31-42(68)35-67(47)56(73)53(57(2,3)4)62-51(71)22-29-66-26-19-44(20-27-66)75-43-17-24-65(25-18-43)28-21-50(70)59-33-39-11-9-38(10-12-39)23-30-74-49-32-46(63-64-54(49)58)45-7-5-6-8-48(45)69/h5-16,32,36,42-44,47,53,68-69H,17-31,33-35H2,1-4H3,(H2,58,64)(H,59,70)(H,60,72)(H,62,71)/t42-,47+,53-/m1/s1. The average Bonchev–Trinajstić information content (AvgIpc) is 4.04. The highest BCUT2D eigenvalue weighted by atomic mass is 32.1. The molecule has 19 heteroatoms. The fourth-order valence-electron chi connectivity index (χ4n) is 10.1. The van der Waals surface area contributed by atoms with Crippen molar-refractivity contribution in [3.05, 3.63) is 107 Å². The summed E-state index contributed by atoms with van der Waals surface area (Å²) in [5.74, 6) is -0.246. The van der Waals surface area contributed by atoms with Crippen molar-refractivity contribution in [3.63, 3.8) is 0 Å². The van der Waals surface area contributed by atoms with E-state index in [0.717, 1.165) is 84.7 Å². The number of carbonyl (C=O) groups excluding carboxylic acids is 4. The molecule has 0 aliphatic carbocycles. The van der Waals surface area contributed by atoms with Crippen molar-refractivity contribution < 1.29 is 38.9 Å². The molecule has 18 nitrogen and oxygen atoms in total. The first-order chi connectivity index (χ1) is 36.6. The number of aliphatic hydroxyl groups is 1. The van der Waals surface area contributed by atoms with E-state index in [2.05, 4.69) is 40.9 Å². The quantitative estimate of drug-likeness (QED) is 0.0522. The van der Waals surface area contributed by atoms with Gasteiger partial charge in [0, 0.05) is 96.2 Å². The van der Waals surface area contributed by atoms with Crippen LogP contribution in [0.25, 0.3) is 21.7 Å². The zero-order chi connectivity index (χ0) is 53.8. The van der Waals surface area contributed by atoms with Crippen LogP contribution in [0.3, 0.4) is 0 Å². The second-order valence-corrected chi connectivity index (χ2v) is 22.2. The van der Waals surface area contributed by atoms with Gasteiger partial charge in [0.25, 0.3) is 0 Å². The van der Waals surface area contributed by atoms with Gasteiger partial charge in [0.2, 0.25) is 23.6 Å². The van der Waals surface area contributed by atoms with E-state index in [1.165, 1.54) is 4.90 Å². The van der Waals surface area contributed by atoms with Gasteiger partial charge < -0.3 is 56.1 Å². The van der Waals surface area contributed by atoms with E-state index < -0.39 is 23.6 Å². The largest absolute Gasteiger partial charge is 0.507 e. The number of nitrogen functional groups attached to an aromatic ring is 1. The number of hydrogen-bond donors (Lipinski definition) is 6. The highest BCUT2D eigenvalue weighted by Gasteiger charge is 2.44. The van der Waals surface area contributed by atoms with Gasteiger partial charge in [-0.1, -0.05) is 81.4 Å². The van der Waals surface area contributed by atoms with Gasteiger partial charge in [-0.25, -0.2) is 4.98 Å². The number of phenolic OH excluding ortho intramolecular Hbond substituents is 1. The van der Waals surface area contributed by atoms with Crippen molar-refractivity contribution in [2.75, 3.05) is 58.2 Å². The summed E-state index contributed by atoms with van der Waals surface area (Å²) >= 11 is 1.58. The molecule has 5 aromatic rings. The SMILES string of the molecule is Cc1ncsc1-c1ccc(CNC(=O)[C@@H]2C[C@@H](O)CN2C(=O)[C@@H](NC(=O)CCN2CCC(OC3CCN(CCC(=O)NCc4ccc(CCOc5cc(-c6ccccc6O)nnc5N)cc4)CC3)CC2)C(C)(C)C)cc1. The number of benzene rings is 3. The van der Waals surface area contributed by atoms with E-state index in [-0.39, 0.29) is 73.3 Å². The molecule has 0 spiro atoms. The number of thiazole rings is 1. The fraction of sp³-hybridized carbons (Fsp3) is 0.491. The van der Waals surface area contributed by atoms with E-state index in [1.807, 2.05) is 87.8 Å². The first-order valence-corrected chi connectivity index (χ1v) is 27.5. The molecule has 406 valence electrons. The number of nitrogens with zero attached hydrogens (tertiary/aromatic N) is 6. The van der Waals surface area contributed by atoms with Crippen LogP contribution in [0.15, 0.2) is 84.4 Å². The maximum atomic E-state index is 14.1. The summed E-state index contributed by atoms with van der Waals surface area (Å²) in [5, 5.41) is 38.0. The summed E-state index contributed by atoms with van der Waals surface area (Å²) in [6.07, 6.45) is 4.52. The van der Waals surface area contributed by atoms with Crippen LogP contribution in [0.5, 0.6) is 11.5 Å². The Morgan fingerprint density at radius 1 is 0.816 bits per heavy atom. The van der Waals surface area contributed by atoms with Gasteiger partial charge in [-0.05, 0) is 72.4 Å². The number of rotatable bonds is 21. The average molecular weight is 1060 g/mol. The molecule has 3 aromatic carbocycles. The molecule has 7 N–H and O–H groups in total. The second kappa shape index (κ2) is 26.0. The summed E-state index contributed by atoms with van der Waals surface area (Å²) in [4.78, 5) is 65.4. The lowest BCUT2D eigenvalue weighted by atomic mass is 9.85. The number of hydrogen-bond acceptors (Lipinski definition) is 15. The smallest absolute Gasteiger partial charge is 0.246 e. The van der Waals surface area contributed by atoms with Crippen LogP contribution >= 0.6 is 11.3 Å². The van der Waals surface area contributed by atoms with Gasteiger partial charge >= 0.3 is 0 Å². The number of carbonyl (C=O) groups is 4. The minimum absolute atomic E-state index is 0.0179. The van der Waals surface area contributed by atoms with Gasteiger partial charge in [-0.2, -0.15) is 0 Å². The summed E-state index contributed by atoms with van der Waals surface area (Å²) in [6.45, 7) is 13.4. The van der Waals surface area contributed by atoms with Gasteiger partial charge in [0.1, 0.15) is 23.5 Å². The summed E-state index contributed by atoms with van der Waals surface area (Å²) < 4.78 is 12.5. The molecule has 5 heterocycles. The van der Waals surface area contributed by atoms with Crippen LogP contribution in [0.2, 0.25) is 0 Å². The van der Waals surface area contributed by atoms with Gasteiger partial charge in [0.15, 0.2) is 11.6 Å². The van der Waals surface area contributed by atoms with E-state index in [0.29, 0.717) is 56.1 Å². The normalized spacial score (nSPS) is 18.3. The number of amides is 4. The number of aliphatic hydroxyl groups excluding tert-OH is 1. The molecule has 2 aromatic heterocycles. The minimum Gasteiger partial charge on any atom is -0.507 e. The molecular weight excluding hydrogens is 985 g/mol. The predicted molar refractivity (Wildman–Crippen MR) is 292 cm³/mol. The zero-order valence-corrected chi connectivity index (χ0v) is 45.0. The maximum absolute atomic E-state index is 14.1. The number of likely N-dealkylation sites (tertiary alicyclic amines) is 3. The van der Waals surface area contributed by atoms with E-state index in [4.69, 9.17) is 15.2 Å². The van der Waals surface area contributed by atoms with Crippen molar-refractivity contribution >= 4 is 40.8 Å². The Labute approximate surface area is 449 Å². The maximum Gasteiger partial charge on any atom is 0.246 e. The first kappa shape index (κ1) is 55.7. The molecule has 4 amide bonds. The monoisotopic (exact) mass is 1060 g/mol. The summed E-state index contributed by atoms with van der Waals surface area (Å²) in [6, 6.07) is 22.8. The minimum atomic E-state index is -0.881. The molecular formula is C57H74N10O8S. The Morgan fingerprint density at radius 2 is 1.42 bits per heavy atom. The molecule has 3 aliphatic rings. The van der Waals surface area contributed by atoms with Crippen molar-refractivity contribution in [2.24, 2.45) is 5.41 Å². The van der Waals surface area contributed by atoms with Crippen molar-refractivity contribution in [3.8, 4) is 33.2 Å². The number of para-hydroxylation sites is 1. The number of nitrogens with two attached hydrogens (primary N) is 1. The summed E-state index contributed by atoms with van der Waals surface area (Å²) in [5.41, 5.74) is 13.2. The molecule has 3 atom stereocenters. The van der Waals surface area contributed by atoms with Crippen molar-refractivity contribution in [1.82, 2.24) is 45.8 Å². The third-order valence-corrected chi connectivity index (χ3v) is 15.6. The topological polar surface area (TPSA) is 238 Å². The molecule has 0 saturated carbocycles. The van der Waals surface area contributed by atoms with Gasteiger partial charge in [-0.3, -0.25) is 19.2 Å². The first-order valence-electron chi connectivity index (χ1n) is 26.6. The third-order valence-electron chi connectivity index (χ3n) is 14.6. The van der Waals surface area contributed by atoms with Crippen LogP contribution in [0.4, 0.5) is 5.82 Å². The number of aryl methyl sites for hydroxylation is 1. The fourth-order valence-corrected chi connectivity index (χ4v) is 10.9. The number of aromatic nitrogens is 3. The molecule has 0 unspecified atom stereocenters. The third kappa shape index (κ3) is 15.3. The molecule has 0 bridgehead atoms. The number of phenols is 1. The Hall–Kier alpha value is -6.51. The number of anilines is 1. The lowest BCUT2D eigenvalue weighted by Crippen LogP contribution is -2.58. The molecule has 0 radical (unpaired) electrons. The molecule has 8 rings (SSSR count). The van der Waals surface area contributed by atoms with Gasteiger partial charge in [-0.15, -0.1) is 21.5 Å². The second-order valence-electron chi connectivity index (χ2n) is 21.4. The predicted octanol–water partition coefficient (Wildman–Crippen LogP) is 5.64. The van der Waals surface area contributed by atoms with Crippen LogP contribution in [0.1, 0.15) is 88.1 Å². The van der Waals surface area contributed by atoms with Crippen molar-refractivity contribution in [1.29, 1.82) is 0 Å². The van der Waals surface area contributed by atoms with E-state index in [9.17, 15) is 29.4 Å². The van der Waals surface area contributed by atoms with Crippen LogP contribution < -0.4 is 26.4 Å². The van der Waals surface area contributed by atoms with E-state index in [1.54, 1.807) is 35.6 Å². The number of piperidine rings is 2. The number of nitrogens with one attached hydrogen (secondary N) is 3. The van der Waals surface area contributed by atoms with Crippen LogP contribution in [-0.2, 0) is 43.4 Å². The molecule has 3 aliphatic heterocycles. The Kier molecular flexibility index (Phi) is 19.1. The highest BCUT2D eigenvalue weighted by molar-refractivity contribution is 7.13. The number of ether oxygens (including phenoxy) is 2. The molecule has 76 heavy (non-hydrogen) atoms. The zero-order valence-electron chi connectivity index (χ0n) is 44.2. The Balaban J connectivity index is 0.681. The number of aromatic hydroxyl groups is 1. The number of β-amino-alcohol motifs (C(OH)–C–C–N with tert-alkyl or cyclic N) is 1. The Morgan fingerprint density at radius 3 is 2.04 bits per heavy atom. The highest BCUT2D eigenvalue weighted by Crippen LogP contribution is 2.32. The molecule has 3 saturated heterocycles. The Bertz CT molecular complexity index is 2740. The van der Waals surface area contributed by atoms with Crippen LogP contribution in [0, 0.1) is 12.3 Å². The molecule has 3 fully saturated rings. The van der Waals surface area contributed by atoms with Gasteiger partial charge in [0.05, 0.1) is 41.0 Å².